The highest BCUT2D eigenvalue weighted by molar-refractivity contribution is 7.09. The average Bonchev–Trinajstić information content (AvgIpc) is 2.77. The van der Waals surface area contributed by atoms with Gasteiger partial charge in [0.05, 0.1) is 17.6 Å². The number of anilines is 2. The van der Waals surface area contributed by atoms with Crippen molar-refractivity contribution in [1.29, 1.82) is 0 Å². The Balaban J connectivity index is 2.05. The van der Waals surface area contributed by atoms with Gasteiger partial charge in [-0.1, -0.05) is 13.8 Å². The Morgan fingerprint density at radius 1 is 1.50 bits per heavy atom. The zero-order valence-electron chi connectivity index (χ0n) is 9.61. The molecular formula is C10H15N5S. The van der Waals surface area contributed by atoms with Crippen molar-refractivity contribution in [3.63, 3.8) is 0 Å². The van der Waals surface area contributed by atoms with Crippen molar-refractivity contribution in [2.75, 3.05) is 5.32 Å². The summed E-state index contributed by atoms with van der Waals surface area (Å²) < 4.78 is 4.30. The third-order valence-electron chi connectivity index (χ3n) is 2.13. The second kappa shape index (κ2) is 4.61. The quantitative estimate of drug-likeness (QED) is 0.857. The van der Waals surface area contributed by atoms with Crippen molar-refractivity contribution in [2.24, 2.45) is 5.92 Å². The van der Waals surface area contributed by atoms with E-state index in [-0.39, 0.29) is 0 Å². The average molecular weight is 237 g/mol. The first-order valence-corrected chi connectivity index (χ1v) is 6.02. The first-order chi connectivity index (χ1) is 7.65. The van der Waals surface area contributed by atoms with Gasteiger partial charge in [0.25, 0.3) is 0 Å². The topological polar surface area (TPSA) is 66.5 Å². The molecule has 0 aliphatic heterocycles. The number of aryl methyl sites for hydroxylation is 1. The van der Waals surface area contributed by atoms with Crippen LogP contribution in [0.15, 0.2) is 6.20 Å². The predicted octanol–water partition coefficient (Wildman–Crippen LogP) is 2.51. The third-order valence-corrected chi connectivity index (χ3v) is 2.80. The van der Waals surface area contributed by atoms with Gasteiger partial charge in [0.2, 0.25) is 5.13 Å². The zero-order valence-corrected chi connectivity index (χ0v) is 10.4. The lowest BCUT2D eigenvalue weighted by atomic mass is 10.1. The van der Waals surface area contributed by atoms with Crippen LogP contribution in [0.3, 0.4) is 0 Å². The van der Waals surface area contributed by atoms with Gasteiger partial charge in [0.1, 0.15) is 5.82 Å². The van der Waals surface area contributed by atoms with Crippen LogP contribution in [0, 0.1) is 12.8 Å². The van der Waals surface area contributed by atoms with Crippen LogP contribution >= 0.6 is 11.5 Å². The fraction of sp³-hybridized carbons (Fsp3) is 0.500. The Bertz CT molecular complexity index is 459. The summed E-state index contributed by atoms with van der Waals surface area (Å²) in [6.07, 6.45) is 2.67. The van der Waals surface area contributed by atoms with E-state index in [2.05, 4.69) is 38.7 Å². The van der Waals surface area contributed by atoms with Crippen molar-refractivity contribution in [3.8, 4) is 0 Å². The van der Waals surface area contributed by atoms with Crippen LogP contribution in [0.4, 0.5) is 10.8 Å². The summed E-state index contributed by atoms with van der Waals surface area (Å²) >= 11 is 1.38. The molecule has 0 aliphatic carbocycles. The van der Waals surface area contributed by atoms with Gasteiger partial charge >= 0.3 is 0 Å². The monoisotopic (exact) mass is 237 g/mol. The third kappa shape index (κ3) is 2.57. The van der Waals surface area contributed by atoms with E-state index in [1.807, 2.05) is 6.92 Å². The van der Waals surface area contributed by atoms with Gasteiger partial charge in [-0.15, -0.1) is 0 Å². The summed E-state index contributed by atoms with van der Waals surface area (Å²) in [6.45, 7) is 6.29. The molecule has 2 rings (SSSR count). The number of aromatic nitrogens is 4. The number of hydrogen-bond acceptors (Lipinski definition) is 5. The van der Waals surface area contributed by atoms with Gasteiger partial charge < -0.3 is 5.32 Å². The molecule has 0 spiro atoms. The first kappa shape index (κ1) is 11.1. The minimum absolute atomic E-state index is 0.582. The van der Waals surface area contributed by atoms with Crippen molar-refractivity contribution in [1.82, 2.24) is 19.6 Å². The number of nitrogens with zero attached hydrogens (tertiary/aromatic N) is 3. The molecule has 86 valence electrons. The highest BCUT2D eigenvalue weighted by Gasteiger charge is 2.07. The smallest absolute Gasteiger partial charge is 0.207 e. The lowest BCUT2D eigenvalue weighted by Crippen LogP contribution is -1.96. The van der Waals surface area contributed by atoms with Crippen LogP contribution in [0.1, 0.15) is 25.4 Å². The van der Waals surface area contributed by atoms with Gasteiger partial charge in [-0.25, -0.2) is 4.98 Å². The van der Waals surface area contributed by atoms with Gasteiger partial charge in [-0.05, 0) is 12.8 Å². The van der Waals surface area contributed by atoms with Crippen LogP contribution in [0.25, 0.3) is 0 Å². The Morgan fingerprint density at radius 2 is 2.31 bits per heavy atom. The van der Waals surface area contributed by atoms with Crippen LogP contribution in [0.2, 0.25) is 0 Å². The number of hydrogen-bond donors (Lipinski definition) is 2. The molecule has 0 aromatic carbocycles. The van der Waals surface area contributed by atoms with E-state index in [0.717, 1.165) is 28.8 Å². The van der Waals surface area contributed by atoms with Crippen LogP contribution < -0.4 is 5.32 Å². The summed E-state index contributed by atoms with van der Waals surface area (Å²) in [5.74, 6) is 1.49. The zero-order chi connectivity index (χ0) is 11.5. The highest BCUT2D eigenvalue weighted by Crippen LogP contribution is 2.20. The molecule has 2 heterocycles. The molecule has 0 aliphatic rings. The maximum atomic E-state index is 4.42. The summed E-state index contributed by atoms with van der Waals surface area (Å²) in [4.78, 5) is 4.42. The van der Waals surface area contributed by atoms with E-state index in [1.165, 1.54) is 11.5 Å². The highest BCUT2D eigenvalue weighted by atomic mass is 32.1. The van der Waals surface area contributed by atoms with Crippen LogP contribution in [0.5, 0.6) is 0 Å². The minimum atomic E-state index is 0.582. The number of nitrogens with one attached hydrogen (secondary N) is 2. The second-order valence-corrected chi connectivity index (χ2v) is 4.90. The Labute approximate surface area is 98.5 Å². The molecule has 0 fully saturated rings. The lowest BCUT2D eigenvalue weighted by molar-refractivity contribution is 0.627. The summed E-state index contributed by atoms with van der Waals surface area (Å²) in [5, 5.41) is 10.8. The van der Waals surface area contributed by atoms with Crippen molar-refractivity contribution < 1.29 is 0 Å². The molecule has 0 radical (unpaired) electrons. The Hall–Kier alpha value is -1.43. The standard InChI is InChI=1S/C10H15N5S/c1-6(2)4-9-13-10(16-15-9)12-8-5-11-14-7(8)3/h5-6H,4H2,1-3H3,(H,11,14)(H,12,13,15). The fourth-order valence-electron chi connectivity index (χ4n) is 1.34. The molecular weight excluding hydrogens is 222 g/mol. The second-order valence-electron chi connectivity index (χ2n) is 4.15. The molecule has 5 nitrogen and oxygen atoms in total. The normalized spacial score (nSPS) is 11.0. The van der Waals surface area contributed by atoms with E-state index >= 15 is 0 Å². The molecule has 2 aromatic rings. The van der Waals surface area contributed by atoms with Gasteiger partial charge in [-0.2, -0.15) is 9.47 Å². The summed E-state index contributed by atoms with van der Waals surface area (Å²) in [5.41, 5.74) is 1.95. The van der Waals surface area contributed by atoms with E-state index < -0.39 is 0 Å². The maximum Gasteiger partial charge on any atom is 0.207 e. The maximum absolute atomic E-state index is 4.42. The van der Waals surface area contributed by atoms with Crippen molar-refractivity contribution in [2.45, 2.75) is 27.2 Å². The van der Waals surface area contributed by atoms with Crippen molar-refractivity contribution >= 4 is 22.4 Å². The van der Waals surface area contributed by atoms with E-state index in [9.17, 15) is 0 Å². The van der Waals surface area contributed by atoms with Crippen LogP contribution in [-0.4, -0.2) is 19.6 Å². The number of rotatable bonds is 4. The molecule has 16 heavy (non-hydrogen) atoms. The Kier molecular flexibility index (Phi) is 3.19. The summed E-state index contributed by atoms with van der Waals surface area (Å²) in [6, 6.07) is 0. The first-order valence-electron chi connectivity index (χ1n) is 5.24. The van der Waals surface area contributed by atoms with Gasteiger partial charge in [0, 0.05) is 18.0 Å². The van der Waals surface area contributed by atoms with E-state index in [1.54, 1.807) is 6.20 Å². The minimum Gasteiger partial charge on any atom is -0.327 e. The van der Waals surface area contributed by atoms with E-state index in [0.29, 0.717) is 5.92 Å². The summed E-state index contributed by atoms with van der Waals surface area (Å²) in [7, 11) is 0. The largest absolute Gasteiger partial charge is 0.327 e. The fourth-order valence-corrected chi connectivity index (χ4v) is 1.95. The molecule has 0 atom stereocenters. The molecule has 2 N–H and O–H groups in total. The molecule has 0 saturated heterocycles. The predicted molar refractivity (Wildman–Crippen MR) is 65.1 cm³/mol. The molecule has 0 saturated carbocycles. The SMILES string of the molecule is Cc1[nH]ncc1Nc1nc(CC(C)C)ns1. The number of H-pyrrole nitrogens is 1. The molecule has 0 amide bonds. The van der Waals surface area contributed by atoms with Crippen molar-refractivity contribution in [3.05, 3.63) is 17.7 Å². The molecule has 0 bridgehead atoms. The molecule has 0 unspecified atom stereocenters. The molecule has 6 heteroatoms. The lowest BCUT2D eigenvalue weighted by Gasteiger charge is -1.99. The number of aromatic amines is 1. The van der Waals surface area contributed by atoms with E-state index in [4.69, 9.17) is 0 Å². The van der Waals surface area contributed by atoms with Gasteiger partial charge in [0.15, 0.2) is 0 Å². The Morgan fingerprint density at radius 3 is 2.94 bits per heavy atom. The van der Waals surface area contributed by atoms with Gasteiger partial charge in [-0.3, -0.25) is 5.10 Å². The van der Waals surface area contributed by atoms with Crippen LogP contribution in [-0.2, 0) is 6.42 Å². The molecule has 2 aromatic heterocycles.